The topological polar surface area (TPSA) is 87.7 Å². The number of amides is 1. The lowest BCUT2D eigenvalue weighted by Crippen LogP contribution is -2.24. The molecule has 2 N–H and O–H groups in total. The second kappa shape index (κ2) is 6.64. The average Bonchev–Trinajstić information content (AvgIpc) is 2.55. The number of pyridine rings is 1. The molecule has 1 aromatic carbocycles. The number of hydrogen-bond acceptors (Lipinski definition) is 4. The third kappa shape index (κ3) is 3.49. The number of aromatic amines is 1. The highest BCUT2D eigenvalue weighted by atomic mass is 35.5. The number of aromatic nitrogens is 3. The van der Waals surface area contributed by atoms with E-state index in [0.717, 1.165) is 5.69 Å². The maximum Gasteiger partial charge on any atom is 0.264 e. The molecule has 0 radical (unpaired) electrons. The zero-order chi connectivity index (χ0) is 17.1. The molecule has 0 spiro atoms. The van der Waals surface area contributed by atoms with Crippen molar-refractivity contribution in [2.24, 2.45) is 0 Å². The molecule has 24 heavy (non-hydrogen) atoms. The van der Waals surface area contributed by atoms with Crippen molar-refractivity contribution < 1.29 is 4.79 Å². The van der Waals surface area contributed by atoms with Crippen molar-refractivity contribution in [3.8, 4) is 11.4 Å². The largest absolute Gasteiger partial charge is 0.306 e. The van der Waals surface area contributed by atoms with Crippen LogP contribution < -0.4 is 10.9 Å². The molecule has 3 rings (SSSR count). The molecule has 0 aliphatic heterocycles. The minimum Gasteiger partial charge on any atom is -0.306 e. The van der Waals surface area contributed by atoms with E-state index in [2.05, 4.69) is 20.3 Å². The second-order valence-electron chi connectivity index (χ2n) is 5.10. The third-order valence-electron chi connectivity index (χ3n) is 3.29. The number of rotatable bonds is 3. The first-order valence-corrected chi connectivity index (χ1v) is 7.51. The fraction of sp³-hybridized carbons (Fsp3) is 0.0588. The highest BCUT2D eigenvalue weighted by Gasteiger charge is 2.13. The minimum absolute atomic E-state index is 0.0870. The number of carbonyl (C=O) groups excluding carboxylic acids is 1. The Morgan fingerprint density at radius 3 is 2.58 bits per heavy atom. The average molecular weight is 341 g/mol. The van der Waals surface area contributed by atoms with Crippen LogP contribution in [0.3, 0.4) is 0 Å². The summed E-state index contributed by atoms with van der Waals surface area (Å²) < 4.78 is 0. The lowest BCUT2D eigenvalue weighted by Gasteiger charge is -2.05. The van der Waals surface area contributed by atoms with Gasteiger partial charge in [-0.05, 0) is 43.3 Å². The number of benzene rings is 1. The van der Waals surface area contributed by atoms with Crippen molar-refractivity contribution in [3.05, 3.63) is 75.3 Å². The summed E-state index contributed by atoms with van der Waals surface area (Å²) in [7, 11) is 0. The first kappa shape index (κ1) is 15.9. The van der Waals surface area contributed by atoms with E-state index in [4.69, 9.17) is 11.6 Å². The van der Waals surface area contributed by atoms with Gasteiger partial charge < -0.3 is 10.3 Å². The van der Waals surface area contributed by atoms with Crippen LogP contribution in [0.5, 0.6) is 0 Å². The highest BCUT2D eigenvalue weighted by Crippen LogP contribution is 2.17. The van der Waals surface area contributed by atoms with Crippen molar-refractivity contribution in [1.82, 2.24) is 15.0 Å². The van der Waals surface area contributed by atoms with Crippen LogP contribution in [0.1, 0.15) is 16.1 Å². The Kier molecular flexibility index (Phi) is 4.39. The number of nitrogens with zero attached hydrogens (tertiary/aromatic N) is 2. The van der Waals surface area contributed by atoms with Gasteiger partial charge in [-0.2, -0.15) is 0 Å². The molecule has 0 unspecified atom stereocenters. The SMILES string of the molecule is Cc1cccc(NC(=O)c2cnc(-c3ccc(Cl)cc3)[nH]c2=O)n1. The minimum atomic E-state index is -0.565. The lowest BCUT2D eigenvalue weighted by atomic mass is 10.2. The number of anilines is 1. The Morgan fingerprint density at radius 1 is 1.17 bits per heavy atom. The maximum atomic E-state index is 12.2. The lowest BCUT2D eigenvalue weighted by molar-refractivity contribution is 0.102. The summed E-state index contributed by atoms with van der Waals surface area (Å²) in [6.07, 6.45) is 1.24. The summed E-state index contributed by atoms with van der Waals surface area (Å²) in [5, 5.41) is 3.16. The van der Waals surface area contributed by atoms with Crippen LogP contribution in [0.2, 0.25) is 5.02 Å². The van der Waals surface area contributed by atoms with Crippen molar-refractivity contribution in [2.45, 2.75) is 6.92 Å². The summed E-state index contributed by atoms with van der Waals surface area (Å²) in [4.78, 5) is 35.3. The van der Waals surface area contributed by atoms with Gasteiger partial charge in [0.2, 0.25) is 0 Å². The Bertz CT molecular complexity index is 951. The van der Waals surface area contributed by atoms with Crippen molar-refractivity contribution in [2.75, 3.05) is 5.32 Å². The van der Waals surface area contributed by atoms with Gasteiger partial charge in [0, 0.05) is 22.5 Å². The van der Waals surface area contributed by atoms with E-state index < -0.39 is 11.5 Å². The number of carbonyl (C=O) groups is 1. The maximum absolute atomic E-state index is 12.2. The molecule has 0 atom stereocenters. The molecule has 0 saturated heterocycles. The number of halogens is 1. The Balaban J connectivity index is 1.85. The smallest absolute Gasteiger partial charge is 0.264 e. The summed E-state index contributed by atoms with van der Waals surface area (Å²) in [5.41, 5.74) is 0.845. The van der Waals surface area contributed by atoms with Crippen LogP contribution in [-0.4, -0.2) is 20.9 Å². The standard InChI is InChI=1S/C17H13ClN4O2/c1-10-3-2-4-14(20-10)21-16(23)13-9-19-15(22-17(13)24)11-5-7-12(18)8-6-11/h2-9H,1H3,(H,19,22,24)(H,20,21,23). The van der Waals surface area contributed by atoms with Crippen LogP contribution in [0.15, 0.2) is 53.5 Å². The number of hydrogen-bond donors (Lipinski definition) is 2. The molecule has 0 bridgehead atoms. The van der Waals surface area contributed by atoms with Crippen LogP contribution in [0.4, 0.5) is 5.82 Å². The molecule has 0 aliphatic rings. The zero-order valence-corrected chi connectivity index (χ0v) is 13.5. The number of H-pyrrole nitrogens is 1. The van der Waals surface area contributed by atoms with Gasteiger partial charge in [-0.3, -0.25) is 9.59 Å². The van der Waals surface area contributed by atoms with Crippen molar-refractivity contribution in [1.29, 1.82) is 0 Å². The van der Waals surface area contributed by atoms with E-state index in [9.17, 15) is 9.59 Å². The van der Waals surface area contributed by atoms with Gasteiger partial charge in [0.05, 0.1) is 0 Å². The summed E-state index contributed by atoms with van der Waals surface area (Å²) in [5.74, 6) is 0.174. The van der Waals surface area contributed by atoms with Gasteiger partial charge in [0.25, 0.3) is 11.5 Å². The third-order valence-corrected chi connectivity index (χ3v) is 3.54. The molecule has 6 nitrogen and oxygen atoms in total. The molecular formula is C17H13ClN4O2. The fourth-order valence-electron chi connectivity index (χ4n) is 2.11. The van der Waals surface area contributed by atoms with Crippen molar-refractivity contribution in [3.63, 3.8) is 0 Å². The number of nitrogens with one attached hydrogen (secondary N) is 2. The van der Waals surface area contributed by atoms with Gasteiger partial charge in [-0.1, -0.05) is 17.7 Å². The molecule has 3 aromatic rings. The number of aryl methyl sites for hydroxylation is 1. The van der Waals surface area contributed by atoms with E-state index in [1.165, 1.54) is 6.20 Å². The van der Waals surface area contributed by atoms with Crippen LogP contribution >= 0.6 is 11.6 Å². The predicted octanol–water partition coefficient (Wildman–Crippen LogP) is 3.05. The van der Waals surface area contributed by atoms with E-state index in [1.807, 2.05) is 13.0 Å². The van der Waals surface area contributed by atoms with Gasteiger partial charge in [0.15, 0.2) is 0 Å². The Hall–Kier alpha value is -2.99. The van der Waals surface area contributed by atoms with Gasteiger partial charge in [0.1, 0.15) is 17.2 Å². The summed E-state index contributed by atoms with van der Waals surface area (Å²) in [6, 6.07) is 12.1. The molecule has 0 saturated carbocycles. The van der Waals surface area contributed by atoms with E-state index >= 15 is 0 Å². The first-order chi connectivity index (χ1) is 11.5. The van der Waals surface area contributed by atoms with Crippen LogP contribution in [0, 0.1) is 6.92 Å². The van der Waals surface area contributed by atoms with E-state index in [1.54, 1.807) is 36.4 Å². The molecule has 7 heteroatoms. The Morgan fingerprint density at radius 2 is 1.92 bits per heavy atom. The van der Waals surface area contributed by atoms with E-state index in [-0.39, 0.29) is 5.56 Å². The summed E-state index contributed by atoms with van der Waals surface area (Å²) >= 11 is 5.83. The summed E-state index contributed by atoms with van der Waals surface area (Å²) in [6.45, 7) is 1.81. The molecule has 0 fully saturated rings. The molecule has 120 valence electrons. The predicted molar refractivity (Wildman–Crippen MR) is 92.2 cm³/mol. The van der Waals surface area contributed by atoms with Crippen LogP contribution in [0.25, 0.3) is 11.4 Å². The van der Waals surface area contributed by atoms with Gasteiger partial charge in [-0.15, -0.1) is 0 Å². The van der Waals surface area contributed by atoms with Crippen LogP contribution in [-0.2, 0) is 0 Å². The van der Waals surface area contributed by atoms with Gasteiger partial charge in [-0.25, -0.2) is 9.97 Å². The quantitative estimate of drug-likeness (QED) is 0.767. The van der Waals surface area contributed by atoms with Gasteiger partial charge >= 0.3 is 0 Å². The highest BCUT2D eigenvalue weighted by molar-refractivity contribution is 6.30. The van der Waals surface area contributed by atoms with E-state index in [0.29, 0.717) is 22.2 Å². The normalized spacial score (nSPS) is 10.4. The molecule has 2 aromatic heterocycles. The molecular weight excluding hydrogens is 328 g/mol. The molecule has 0 aliphatic carbocycles. The monoisotopic (exact) mass is 340 g/mol. The first-order valence-electron chi connectivity index (χ1n) is 7.13. The second-order valence-corrected chi connectivity index (χ2v) is 5.54. The fourth-order valence-corrected chi connectivity index (χ4v) is 2.23. The molecule has 1 amide bonds. The van der Waals surface area contributed by atoms with Crippen molar-refractivity contribution >= 4 is 23.3 Å². The Labute approximate surface area is 142 Å². The zero-order valence-electron chi connectivity index (χ0n) is 12.7. The molecule has 2 heterocycles.